The minimum atomic E-state index is 0.641. The van der Waals surface area contributed by atoms with Gasteiger partial charge in [-0.25, -0.2) is 4.98 Å². The van der Waals surface area contributed by atoms with E-state index < -0.39 is 0 Å². The summed E-state index contributed by atoms with van der Waals surface area (Å²) in [7, 11) is 0. The lowest BCUT2D eigenvalue weighted by Crippen LogP contribution is -2.10. The van der Waals surface area contributed by atoms with Crippen LogP contribution in [0.3, 0.4) is 0 Å². The van der Waals surface area contributed by atoms with E-state index in [0.29, 0.717) is 18.4 Å². The largest absolute Gasteiger partial charge is 0.370 e. The van der Waals surface area contributed by atoms with Crippen LogP contribution in [0.4, 0.5) is 11.8 Å². The van der Waals surface area contributed by atoms with Crippen LogP contribution in [-0.4, -0.2) is 16.5 Å². The first-order chi connectivity index (χ1) is 12.7. The molecule has 0 aliphatic rings. The molecule has 26 heavy (non-hydrogen) atoms. The van der Waals surface area contributed by atoms with Crippen molar-refractivity contribution in [1.29, 1.82) is 0 Å². The lowest BCUT2D eigenvalue weighted by atomic mass is 10.1. The van der Waals surface area contributed by atoms with Crippen molar-refractivity contribution in [1.82, 2.24) is 9.97 Å². The van der Waals surface area contributed by atoms with Gasteiger partial charge in [-0.15, -0.1) is 0 Å². The summed E-state index contributed by atoms with van der Waals surface area (Å²) in [5.74, 6) is 2.16. The standard InChI is InChI=1S/C22H26N4/c1-17(2)13-14-23-21-15-20(19-11-7-4-8-12-19)25-22(26-21)24-16-18-9-5-3-6-10-18/h3-12,15,17H,13-14,16H2,1-2H3,(H2,23,24,25,26). The summed E-state index contributed by atoms with van der Waals surface area (Å²) in [4.78, 5) is 9.34. The van der Waals surface area contributed by atoms with Gasteiger partial charge in [-0.3, -0.25) is 0 Å². The number of hydrogen-bond donors (Lipinski definition) is 2. The van der Waals surface area contributed by atoms with E-state index in [9.17, 15) is 0 Å². The monoisotopic (exact) mass is 346 g/mol. The maximum atomic E-state index is 4.70. The second-order valence-electron chi connectivity index (χ2n) is 6.78. The Morgan fingerprint density at radius 1 is 0.846 bits per heavy atom. The van der Waals surface area contributed by atoms with Crippen molar-refractivity contribution in [2.45, 2.75) is 26.8 Å². The Hall–Kier alpha value is -2.88. The van der Waals surface area contributed by atoms with E-state index in [1.165, 1.54) is 5.56 Å². The summed E-state index contributed by atoms with van der Waals surface area (Å²) in [6.45, 7) is 6.05. The van der Waals surface area contributed by atoms with Gasteiger partial charge in [0.15, 0.2) is 0 Å². The zero-order valence-electron chi connectivity index (χ0n) is 15.4. The maximum Gasteiger partial charge on any atom is 0.225 e. The molecule has 0 fully saturated rings. The van der Waals surface area contributed by atoms with Gasteiger partial charge in [0.1, 0.15) is 5.82 Å². The van der Waals surface area contributed by atoms with E-state index in [-0.39, 0.29) is 0 Å². The second kappa shape index (κ2) is 8.99. The molecule has 2 N–H and O–H groups in total. The zero-order chi connectivity index (χ0) is 18.2. The van der Waals surface area contributed by atoms with Crippen LogP contribution in [0.15, 0.2) is 66.7 Å². The average Bonchev–Trinajstić information content (AvgIpc) is 2.67. The number of nitrogens with zero attached hydrogens (tertiary/aromatic N) is 2. The van der Waals surface area contributed by atoms with Crippen LogP contribution >= 0.6 is 0 Å². The molecule has 0 saturated heterocycles. The number of aromatic nitrogens is 2. The van der Waals surface area contributed by atoms with Gasteiger partial charge in [0.05, 0.1) is 5.69 Å². The minimum Gasteiger partial charge on any atom is -0.370 e. The molecular formula is C22H26N4. The van der Waals surface area contributed by atoms with Gasteiger partial charge in [0, 0.05) is 24.7 Å². The first-order valence-electron chi connectivity index (χ1n) is 9.17. The topological polar surface area (TPSA) is 49.8 Å². The summed E-state index contributed by atoms with van der Waals surface area (Å²) < 4.78 is 0. The van der Waals surface area contributed by atoms with Crippen molar-refractivity contribution in [2.24, 2.45) is 5.92 Å². The SMILES string of the molecule is CC(C)CCNc1cc(-c2ccccc2)nc(NCc2ccccc2)n1. The molecule has 1 aromatic heterocycles. The smallest absolute Gasteiger partial charge is 0.225 e. The van der Waals surface area contributed by atoms with Gasteiger partial charge in [-0.2, -0.15) is 4.98 Å². The van der Waals surface area contributed by atoms with Crippen LogP contribution in [0.25, 0.3) is 11.3 Å². The lowest BCUT2D eigenvalue weighted by molar-refractivity contribution is 0.606. The maximum absolute atomic E-state index is 4.70. The highest BCUT2D eigenvalue weighted by Crippen LogP contribution is 2.21. The van der Waals surface area contributed by atoms with Crippen LogP contribution < -0.4 is 10.6 Å². The Morgan fingerprint density at radius 2 is 1.54 bits per heavy atom. The van der Waals surface area contributed by atoms with Gasteiger partial charge in [0.25, 0.3) is 0 Å². The van der Waals surface area contributed by atoms with Gasteiger partial charge < -0.3 is 10.6 Å². The molecule has 4 heteroatoms. The normalized spacial score (nSPS) is 10.7. The van der Waals surface area contributed by atoms with Crippen LogP contribution in [0.5, 0.6) is 0 Å². The molecule has 2 aromatic carbocycles. The Balaban J connectivity index is 1.80. The molecule has 3 rings (SSSR count). The fourth-order valence-electron chi connectivity index (χ4n) is 2.64. The lowest BCUT2D eigenvalue weighted by Gasteiger charge is -2.12. The zero-order valence-corrected chi connectivity index (χ0v) is 15.4. The fourth-order valence-corrected chi connectivity index (χ4v) is 2.64. The molecule has 0 unspecified atom stereocenters. The van der Waals surface area contributed by atoms with Crippen molar-refractivity contribution in [3.8, 4) is 11.3 Å². The Labute approximate surface area is 155 Å². The molecule has 0 amide bonds. The number of hydrogen-bond acceptors (Lipinski definition) is 4. The summed E-state index contributed by atoms with van der Waals surface area (Å²) in [5.41, 5.74) is 3.21. The Morgan fingerprint density at radius 3 is 2.23 bits per heavy atom. The molecule has 1 heterocycles. The van der Waals surface area contributed by atoms with Gasteiger partial charge >= 0.3 is 0 Å². The number of anilines is 2. The number of nitrogens with one attached hydrogen (secondary N) is 2. The Kier molecular flexibility index (Phi) is 6.20. The van der Waals surface area contributed by atoms with E-state index in [4.69, 9.17) is 4.98 Å². The van der Waals surface area contributed by atoms with Gasteiger partial charge in [-0.1, -0.05) is 74.5 Å². The van der Waals surface area contributed by atoms with Crippen molar-refractivity contribution >= 4 is 11.8 Å². The molecule has 0 saturated carbocycles. The third-order valence-corrected chi connectivity index (χ3v) is 4.12. The first kappa shape index (κ1) is 17.9. The molecule has 3 aromatic rings. The van der Waals surface area contributed by atoms with E-state index in [2.05, 4.69) is 53.7 Å². The molecular weight excluding hydrogens is 320 g/mol. The van der Waals surface area contributed by atoms with E-state index in [1.807, 2.05) is 42.5 Å². The van der Waals surface area contributed by atoms with Gasteiger partial charge in [-0.05, 0) is 17.9 Å². The Bertz CT molecular complexity index is 801. The quantitative estimate of drug-likeness (QED) is 0.587. The van der Waals surface area contributed by atoms with Crippen LogP contribution in [0, 0.1) is 5.92 Å². The molecule has 0 bridgehead atoms. The predicted octanol–water partition coefficient (Wildman–Crippen LogP) is 5.21. The van der Waals surface area contributed by atoms with Crippen molar-refractivity contribution in [3.63, 3.8) is 0 Å². The third kappa shape index (κ3) is 5.31. The van der Waals surface area contributed by atoms with E-state index >= 15 is 0 Å². The van der Waals surface area contributed by atoms with E-state index in [1.54, 1.807) is 0 Å². The highest BCUT2D eigenvalue weighted by atomic mass is 15.1. The molecule has 0 spiro atoms. The van der Waals surface area contributed by atoms with Crippen LogP contribution in [0.1, 0.15) is 25.8 Å². The van der Waals surface area contributed by atoms with Crippen molar-refractivity contribution in [3.05, 3.63) is 72.3 Å². The van der Waals surface area contributed by atoms with E-state index in [0.717, 1.165) is 30.0 Å². The minimum absolute atomic E-state index is 0.641. The summed E-state index contributed by atoms with van der Waals surface area (Å²) in [5, 5.41) is 6.78. The summed E-state index contributed by atoms with van der Waals surface area (Å²) >= 11 is 0. The summed E-state index contributed by atoms with van der Waals surface area (Å²) in [6.07, 6.45) is 1.11. The van der Waals surface area contributed by atoms with Crippen LogP contribution in [0.2, 0.25) is 0 Å². The molecule has 0 radical (unpaired) electrons. The van der Waals surface area contributed by atoms with Gasteiger partial charge in [0.2, 0.25) is 5.95 Å². The van der Waals surface area contributed by atoms with Crippen molar-refractivity contribution in [2.75, 3.05) is 17.2 Å². The average molecular weight is 346 g/mol. The molecule has 4 nitrogen and oxygen atoms in total. The fraction of sp³-hybridized carbons (Fsp3) is 0.273. The predicted molar refractivity (Wildman–Crippen MR) is 109 cm³/mol. The molecule has 0 aliphatic carbocycles. The second-order valence-corrected chi connectivity index (χ2v) is 6.78. The first-order valence-corrected chi connectivity index (χ1v) is 9.17. The summed E-state index contributed by atoms with van der Waals surface area (Å²) in [6, 6.07) is 22.5. The third-order valence-electron chi connectivity index (χ3n) is 4.12. The number of rotatable bonds is 8. The molecule has 0 atom stereocenters. The van der Waals surface area contributed by atoms with Crippen LogP contribution in [-0.2, 0) is 6.54 Å². The number of benzene rings is 2. The molecule has 134 valence electrons. The molecule has 0 aliphatic heterocycles. The highest BCUT2D eigenvalue weighted by molar-refractivity contribution is 5.64. The van der Waals surface area contributed by atoms with Crippen molar-refractivity contribution < 1.29 is 0 Å². The highest BCUT2D eigenvalue weighted by Gasteiger charge is 2.07.